The average Bonchev–Trinajstić information content (AvgIpc) is 3.15. The maximum absolute atomic E-state index is 12.7. The van der Waals surface area contributed by atoms with Crippen LogP contribution in [0.4, 0.5) is 5.00 Å². The van der Waals surface area contributed by atoms with Crippen LogP contribution in [0.15, 0.2) is 0 Å². The number of carboxylic acids is 1. The molecule has 2 aliphatic rings. The third kappa shape index (κ3) is 3.56. The lowest BCUT2D eigenvalue weighted by Gasteiger charge is -2.27. The molecule has 1 fully saturated rings. The smallest absolute Gasteiger partial charge is 0.341 e. The van der Waals surface area contributed by atoms with E-state index in [-0.39, 0.29) is 12.5 Å². The van der Waals surface area contributed by atoms with Crippen LogP contribution in [0.25, 0.3) is 0 Å². The van der Waals surface area contributed by atoms with Gasteiger partial charge >= 0.3 is 11.9 Å². The van der Waals surface area contributed by atoms with Crippen molar-refractivity contribution in [3.05, 3.63) is 16.0 Å². The zero-order chi connectivity index (χ0) is 18.0. The Morgan fingerprint density at radius 3 is 2.56 bits per heavy atom. The number of amides is 1. The van der Waals surface area contributed by atoms with Crippen molar-refractivity contribution < 1.29 is 24.2 Å². The van der Waals surface area contributed by atoms with Gasteiger partial charge in [-0.05, 0) is 44.6 Å². The summed E-state index contributed by atoms with van der Waals surface area (Å²) in [6.07, 6.45) is 5.52. The maximum atomic E-state index is 12.7. The van der Waals surface area contributed by atoms with Gasteiger partial charge in [0.1, 0.15) is 5.00 Å². The third-order valence-electron chi connectivity index (χ3n) is 5.06. The molecule has 7 heteroatoms. The van der Waals surface area contributed by atoms with Crippen LogP contribution in [-0.2, 0) is 27.2 Å². The lowest BCUT2D eigenvalue weighted by molar-refractivity contribution is -0.147. The second kappa shape index (κ2) is 7.56. The van der Waals surface area contributed by atoms with Crippen LogP contribution < -0.4 is 5.32 Å². The van der Waals surface area contributed by atoms with Gasteiger partial charge in [-0.2, -0.15) is 0 Å². The van der Waals surface area contributed by atoms with Crippen LogP contribution in [0, 0.1) is 11.8 Å². The van der Waals surface area contributed by atoms with Crippen LogP contribution in [0.2, 0.25) is 0 Å². The lowest BCUT2D eigenvalue weighted by atomic mass is 9.79. The summed E-state index contributed by atoms with van der Waals surface area (Å²) in [5.74, 6) is -2.81. The highest BCUT2D eigenvalue weighted by Crippen LogP contribution is 2.40. The Morgan fingerprint density at radius 2 is 1.88 bits per heavy atom. The fourth-order valence-electron chi connectivity index (χ4n) is 3.86. The average molecular weight is 365 g/mol. The molecular formula is C18H23NO5S. The molecule has 0 aromatic carbocycles. The van der Waals surface area contributed by atoms with Crippen molar-refractivity contribution in [3.63, 3.8) is 0 Å². The number of hydrogen-bond donors (Lipinski definition) is 2. The van der Waals surface area contributed by atoms with E-state index < -0.39 is 23.8 Å². The van der Waals surface area contributed by atoms with Crippen LogP contribution in [0.3, 0.4) is 0 Å². The van der Waals surface area contributed by atoms with E-state index in [1.54, 1.807) is 6.92 Å². The molecule has 0 unspecified atom stereocenters. The second-order valence-electron chi connectivity index (χ2n) is 6.61. The van der Waals surface area contributed by atoms with E-state index in [9.17, 15) is 19.5 Å². The van der Waals surface area contributed by atoms with E-state index in [4.69, 9.17) is 4.74 Å². The number of ether oxygens (including phenoxy) is 1. The van der Waals surface area contributed by atoms with E-state index in [0.29, 0.717) is 23.4 Å². The Balaban J connectivity index is 1.83. The van der Waals surface area contributed by atoms with Gasteiger partial charge in [0, 0.05) is 4.88 Å². The number of carbonyl (C=O) groups excluding carboxylic acids is 2. The highest BCUT2D eigenvalue weighted by Gasteiger charge is 2.37. The zero-order valence-corrected chi connectivity index (χ0v) is 15.1. The molecule has 0 spiro atoms. The summed E-state index contributed by atoms with van der Waals surface area (Å²) in [6, 6.07) is 0. The van der Waals surface area contributed by atoms with Gasteiger partial charge in [-0.25, -0.2) is 4.79 Å². The molecule has 1 saturated carbocycles. The van der Waals surface area contributed by atoms with E-state index in [1.807, 2.05) is 0 Å². The van der Waals surface area contributed by atoms with Crippen LogP contribution in [-0.4, -0.2) is 29.6 Å². The van der Waals surface area contributed by atoms with Gasteiger partial charge in [-0.3, -0.25) is 9.59 Å². The minimum atomic E-state index is -0.917. The van der Waals surface area contributed by atoms with Crippen molar-refractivity contribution >= 4 is 34.2 Å². The molecule has 0 saturated heterocycles. The van der Waals surface area contributed by atoms with Gasteiger partial charge in [-0.1, -0.05) is 12.8 Å². The number of rotatable bonds is 5. The van der Waals surface area contributed by atoms with Crippen LogP contribution in [0.1, 0.15) is 59.8 Å². The molecule has 0 bridgehead atoms. The Labute approximate surface area is 150 Å². The molecule has 1 heterocycles. The number of thiophene rings is 1. The molecule has 0 radical (unpaired) electrons. The third-order valence-corrected chi connectivity index (χ3v) is 6.26. The molecule has 1 aromatic heterocycles. The molecular weight excluding hydrogens is 342 g/mol. The highest BCUT2D eigenvalue weighted by atomic mass is 32.1. The minimum Gasteiger partial charge on any atom is -0.481 e. The Hall–Kier alpha value is -1.89. The topological polar surface area (TPSA) is 92.7 Å². The predicted molar refractivity (Wildman–Crippen MR) is 94.0 cm³/mol. The van der Waals surface area contributed by atoms with Crippen LogP contribution in [0.5, 0.6) is 0 Å². The van der Waals surface area contributed by atoms with Gasteiger partial charge in [0.15, 0.2) is 0 Å². The number of aryl methyl sites for hydroxylation is 1. The first kappa shape index (κ1) is 17.9. The molecule has 1 aromatic rings. The molecule has 2 N–H and O–H groups in total. The fourth-order valence-corrected chi connectivity index (χ4v) is 5.14. The Kier molecular flexibility index (Phi) is 5.42. The quantitative estimate of drug-likeness (QED) is 0.782. The first-order chi connectivity index (χ1) is 12.0. The summed E-state index contributed by atoms with van der Waals surface area (Å²) in [7, 11) is 0. The first-order valence-corrected chi connectivity index (χ1v) is 9.69. The summed E-state index contributed by atoms with van der Waals surface area (Å²) in [5.41, 5.74) is 1.45. The molecule has 0 aliphatic heterocycles. The lowest BCUT2D eigenvalue weighted by Crippen LogP contribution is -2.36. The number of nitrogens with one attached hydrogen (secondary N) is 1. The Bertz CT molecular complexity index is 696. The molecule has 136 valence electrons. The molecule has 6 nitrogen and oxygen atoms in total. The van der Waals surface area contributed by atoms with Crippen molar-refractivity contribution in [1.82, 2.24) is 0 Å². The monoisotopic (exact) mass is 365 g/mol. The number of fused-ring (bicyclic) bond motifs is 1. The van der Waals surface area contributed by atoms with Crippen molar-refractivity contribution in [2.24, 2.45) is 11.8 Å². The maximum Gasteiger partial charge on any atom is 0.341 e. The summed E-state index contributed by atoms with van der Waals surface area (Å²) >= 11 is 1.42. The zero-order valence-electron chi connectivity index (χ0n) is 14.3. The molecule has 3 rings (SSSR count). The van der Waals surface area contributed by atoms with Crippen molar-refractivity contribution in [1.29, 1.82) is 0 Å². The number of carbonyl (C=O) groups is 3. The van der Waals surface area contributed by atoms with Gasteiger partial charge < -0.3 is 15.2 Å². The number of hydrogen-bond acceptors (Lipinski definition) is 5. The standard InChI is InChI=1S/C18H23NO5S/c1-2-24-18(23)14-12-8-5-9-13(12)25-16(14)19-15(20)10-6-3-4-7-11(10)17(21)22/h10-11H,2-9H2,1H3,(H,19,20)(H,21,22)/t10-,11+/m0/s1. The normalized spacial score (nSPS) is 22.3. The first-order valence-electron chi connectivity index (χ1n) is 8.88. The SMILES string of the molecule is CCOC(=O)c1c(NC(=O)[C@H]2CCCC[C@H]2C(=O)O)sc2c1CCC2. The fraction of sp³-hybridized carbons (Fsp3) is 0.611. The van der Waals surface area contributed by atoms with Gasteiger partial charge in [0.05, 0.1) is 24.0 Å². The van der Waals surface area contributed by atoms with E-state index in [0.717, 1.165) is 42.5 Å². The molecule has 1 amide bonds. The van der Waals surface area contributed by atoms with Crippen molar-refractivity contribution in [2.45, 2.75) is 51.9 Å². The molecule has 2 atom stereocenters. The summed E-state index contributed by atoms with van der Waals surface area (Å²) in [6.45, 7) is 2.03. The van der Waals surface area contributed by atoms with Gasteiger partial charge in [0.2, 0.25) is 5.91 Å². The largest absolute Gasteiger partial charge is 0.481 e. The number of anilines is 1. The van der Waals surface area contributed by atoms with Crippen LogP contribution >= 0.6 is 11.3 Å². The van der Waals surface area contributed by atoms with E-state index in [1.165, 1.54) is 11.3 Å². The Morgan fingerprint density at radius 1 is 1.16 bits per heavy atom. The van der Waals surface area contributed by atoms with Gasteiger partial charge in [-0.15, -0.1) is 11.3 Å². The highest BCUT2D eigenvalue weighted by molar-refractivity contribution is 7.17. The van der Waals surface area contributed by atoms with Crippen molar-refractivity contribution in [3.8, 4) is 0 Å². The summed E-state index contributed by atoms with van der Waals surface area (Å²) in [5, 5.41) is 12.7. The summed E-state index contributed by atoms with van der Waals surface area (Å²) < 4.78 is 5.16. The second-order valence-corrected chi connectivity index (χ2v) is 7.71. The molecule has 25 heavy (non-hydrogen) atoms. The number of carboxylic acid groups (broad SMARTS) is 1. The predicted octanol–water partition coefficient (Wildman–Crippen LogP) is 3.24. The van der Waals surface area contributed by atoms with E-state index >= 15 is 0 Å². The molecule has 2 aliphatic carbocycles. The number of esters is 1. The number of aliphatic carboxylic acids is 1. The van der Waals surface area contributed by atoms with E-state index in [2.05, 4.69) is 5.32 Å². The summed E-state index contributed by atoms with van der Waals surface area (Å²) in [4.78, 5) is 37.6. The van der Waals surface area contributed by atoms with Crippen molar-refractivity contribution in [2.75, 3.05) is 11.9 Å². The van der Waals surface area contributed by atoms with Gasteiger partial charge in [0.25, 0.3) is 0 Å². The minimum absolute atomic E-state index is 0.278.